The molecule has 4 heterocycles. The molecule has 13 heteroatoms. The number of benzene rings is 5. The van der Waals surface area contributed by atoms with Gasteiger partial charge in [-0.25, -0.2) is 9.59 Å². The Hall–Kier alpha value is -6.67. The zero-order chi connectivity index (χ0) is 44.6. The quantitative estimate of drug-likeness (QED) is 0.0457. The first-order chi connectivity index (χ1) is 31.1. The van der Waals surface area contributed by atoms with Crippen molar-refractivity contribution < 1.29 is 38.7 Å². The fourth-order valence-electron chi connectivity index (χ4n) is 8.77. The number of fused-ring (bicyclic) bond motifs is 4. The number of nitrogens with zero attached hydrogens (tertiary/aromatic N) is 1. The lowest BCUT2D eigenvalue weighted by Gasteiger charge is -2.43. The molecule has 0 radical (unpaired) electrons. The van der Waals surface area contributed by atoms with Gasteiger partial charge in [-0.05, 0) is 121 Å². The minimum atomic E-state index is -0.870. The summed E-state index contributed by atoms with van der Waals surface area (Å²) >= 11 is 0. The third-order valence-electron chi connectivity index (χ3n) is 12.1. The SMILES string of the molecule is Cc1cc(CNC[C@H](O)c2ccc(O)c3[nH]c(=O)ccc23)cc(C)c1OCCOC(=O)c1ccc(COc2cccc(C(NC(=O)O[C@H]3CN4CCC3CC4)c3ccccc3)c2)cc1. The van der Waals surface area contributed by atoms with Gasteiger partial charge in [0.05, 0.1) is 23.2 Å². The summed E-state index contributed by atoms with van der Waals surface area (Å²) in [6.45, 7) is 8.10. The fourth-order valence-corrected chi connectivity index (χ4v) is 8.77. The molecule has 3 atom stereocenters. The number of aryl methyl sites for hydroxylation is 2. The zero-order valence-corrected chi connectivity index (χ0v) is 36.0. The maximum Gasteiger partial charge on any atom is 0.408 e. The van der Waals surface area contributed by atoms with E-state index in [-0.39, 0.29) is 43.8 Å². The number of hydrogen-bond donors (Lipinski definition) is 5. The molecule has 1 unspecified atom stereocenters. The number of ether oxygens (including phenoxy) is 4. The number of esters is 1. The molecule has 0 spiro atoms. The summed E-state index contributed by atoms with van der Waals surface area (Å²) in [4.78, 5) is 42.9. The average Bonchev–Trinajstić information content (AvgIpc) is 3.30. The van der Waals surface area contributed by atoms with Crippen LogP contribution in [0.1, 0.15) is 74.3 Å². The molecule has 3 aliphatic heterocycles. The van der Waals surface area contributed by atoms with E-state index in [0.29, 0.717) is 46.0 Å². The van der Waals surface area contributed by atoms with Gasteiger partial charge in [0.25, 0.3) is 0 Å². The van der Waals surface area contributed by atoms with Crippen LogP contribution in [0.15, 0.2) is 120 Å². The van der Waals surface area contributed by atoms with Crippen molar-refractivity contribution in [3.8, 4) is 17.2 Å². The standard InChI is InChI=1S/C51H54N4O9/c1-32-25-35(28-52-29-44(57)41-15-17-43(56)48-42(41)16-18-46(58)53-48)26-33(2)49(32)61-23-24-62-50(59)38-13-11-34(12-14-38)31-63-40-10-6-9-39(27-40)47(37-7-4-3-5-8-37)54-51(60)64-45-30-55-21-19-36(45)20-22-55/h3-18,25-27,36,44-45,47,52,56-57H,19-24,28-31H2,1-2H3,(H,53,58)(H,54,60)/t44-,45-,47?/m0/s1. The second kappa shape index (κ2) is 20.2. The summed E-state index contributed by atoms with van der Waals surface area (Å²) in [6, 6.07) is 34.2. The number of carbonyl (C=O) groups excluding carboxylic acids is 2. The molecule has 0 aliphatic carbocycles. The van der Waals surface area contributed by atoms with Crippen molar-refractivity contribution in [3.63, 3.8) is 0 Å². The molecule has 5 N–H and O–H groups in total. The number of aliphatic hydroxyl groups is 1. The third kappa shape index (κ3) is 10.7. The van der Waals surface area contributed by atoms with Gasteiger partial charge >= 0.3 is 12.1 Å². The Morgan fingerprint density at radius 3 is 2.31 bits per heavy atom. The Morgan fingerprint density at radius 2 is 1.58 bits per heavy atom. The number of pyridine rings is 1. The average molecular weight is 867 g/mol. The summed E-state index contributed by atoms with van der Waals surface area (Å²) in [5.74, 6) is 1.26. The number of alkyl carbamates (subject to hydrolysis) is 1. The number of aromatic nitrogens is 1. The molecular formula is C51H54N4O9. The lowest BCUT2D eigenvalue weighted by atomic mass is 9.86. The maximum absolute atomic E-state index is 13.2. The first-order valence-corrected chi connectivity index (χ1v) is 21.8. The number of H-pyrrole nitrogens is 1. The van der Waals surface area contributed by atoms with E-state index in [1.54, 1.807) is 24.3 Å². The van der Waals surface area contributed by atoms with E-state index in [1.165, 1.54) is 12.1 Å². The Kier molecular flexibility index (Phi) is 13.9. The van der Waals surface area contributed by atoms with Crippen LogP contribution in [0, 0.1) is 19.8 Å². The number of carbonyl (C=O) groups is 2. The van der Waals surface area contributed by atoms with Crippen LogP contribution >= 0.6 is 0 Å². The fraction of sp³-hybridized carbons (Fsp3) is 0.314. The van der Waals surface area contributed by atoms with Gasteiger partial charge in [-0.2, -0.15) is 0 Å². The van der Waals surface area contributed by atoms with Crippen molar-refractivity contribution in [2.75, 3.05) is 39.4 Å². The van der Waals surface area contributed by atoms with E-state index in [1.807, 2.05) is 92.7 Å². The highest BCUT2D eigenvalue weighted by molar-refractivity contribution is 5.89. The number of phenols is 1. The molecule has 3 fully saturated rings. The first-order valence-electron chi connectivity index (χ1n) is 21.8. The lowest BCUT2D eigenvalue weighted by molar-refractivity contribution is -0.0336. The van der Waals surface area contributed by atoms with Crippen LogP contribution in [0.4, 0.5) is 4.79 Å². The lowest BCUT2D eigenvalue weighted by Crippen LogP contribution is -2.52. The van der Waals surface area contributed by atoms with Crippen LogP contribution in [0.2, 0.25) is 0 Å². The second-order valence-corrected chi connectivity index (χ2v) is 16.6. The van der Waals surface area contributed by atoms with Gasteiger partial charge in [-0.15, -0.1) is 0 Å². The minimum absolute atomic E-state index is 0.0561. The molecule has 3 saturated heterocycles. The van der Waals surface area contributed by atoms with Crippen molar-refractivity contribution in [2.45, 2.75) is 58.1 Å². The van der Waals surface area contributed by atoms with E-state index in [0.717, 1.165) is 65.9 Å². The van der Waals surface area contributed by atoms with Crippen LogP contribution in [-0.4, -0.2) is 77.7 Å². The number of amides is 1. The normalized spacial score (nSPS) is 17.6. The molecule has 0 saturated carbocycles. The number of nitrogens with one attached hydrogen (secondary N) is 3. The number of aromatic amines is 1. The predicted molar refractivity (Wildman–Crippen MR) is 243 cm³/mol. The van der Waals surface area contributed by atoms with Crippen molar-refractivity contribution in [1.29, 1.82) is 0 Å². The summed E-state index contributed by atoms with van der Waals surface area (Å²) in [5.41, 5.74) is 6.49. The first kappa shape index (κ1) is 44.0. The molecular weight excluding hydrogens is 813 g/mol. The molecule has 13 nitrogen and oxygen atoms in total. The third-order valence-corrected chi connectivity index (χ3v) is 12.1. The molecule has 5 aromatic carbocycles. The van der Waals surface area contributed by atoms with Crippen molar-refractivity contribution in [1.82, 2.24) is 20.5 Å². The molecule has 1 amide bonds. The molecule has 9 rings (SSSR count). The molecule has 1 aromatic heterocycles. The number of aliphatic hydroxyl groups excluding tert-OH is 1. The van der Waals surface area contributed by atoms with Gasteiger partial charge in [0.15, 0.2) is 0 Å². The Labute approximate surface area is 372 Å². The minimum Gasteiger partial charge on any atom is -0.506 e. The predicted octanol–water partition coefficient (Wildman–Crippen LogP) is 7.40. The monoisotopic (exact) mass is 866 g/mol. The van der Waals surface area contributed by atoms with Crippen LogP contribution in [-0.2, 0) is 22.6 Å². The van der Waals surface area contributed by atoms with E-state index >= 15 is 0 Å². The number of rotatable bonds is 17. The number of hydrogen-bond acceptors (Lipinski definition) is 11. The Morgan fingerprint density at radius 1 is 0.828 bits per heavy atom. The molecule has 6 aromatic rings. The van der Waals surface area contributed by atoms with Crippen LogP contribution in [0.5, 0.6) is 17.2 Å². The molecule has 2 bridgehead atoms. The Balaban J connectivity index is 0.785. The molecule has 64 heavy (non-hydrogen) atoms. The summed E-state index contributed by atoms with van der Waals surface area (Å²) in [5, 5.41) is 28.1. The summed E-state index contributed by atoms with van der Waals surface area (Å²) in [6.07, 6.45) is 0.735. The van der Waals surface area contributed by atoms with Crippen molar-refractivity contribution in [2.24, 2.45) is 5.92 Å². The number of phenolic OH excluding ortho intramolecular Hbond substituents is 1. The topological polar surface area (TPSA) is 172 Å². The molecule has 332 valence electrons. The van der Waals surface area contributed by atoms with Crippen LogP contribution in [0.3, 0.4) is 0 Å². The van der Waals surface area contributed by atoms with Gasteiger partial charge in [0.1, 0.15) is 43.2 Å². The van der Waals surface area contributed by atoms with Gasteiger partial charge in [-0.3, -0.25) is 9.69 Å². The van der Waals surface area contributed by atoms with Crippen molar-refractivity contribution >= 4 is 23.0 Å². The second-order valence-electron chi connectivity index (χ2n) is 16.6. The number of aromatic hydroxyl groups is 1. The molecule has 3 aliphatic rings. The maximum atomic E-state index is 13.2. The largest absolute Gasteiger partial charge is 0.506 e. The number of piperidine rings is 3. The smallest absolute Gasteiger partial charge is 0.408 e. The van der Waals surface area contributed by atoms with Gasteiger partial charge < -0.3 is 44.8 Å². The Bertz CT molecular complexity index is 2600. The zero-order valence-electron chi connectivity index (χ0n) is 36.0. The highest BCUT2D eigenvalue weighted by atomic mass is 16.6. The van der Waals surface area contributed by atoms with Gasteiger partial charge in [0.2, 0.25) is 5.56 Å². The van der Waals surface area contributed by atoms with Gasteiger partial charge in [-0.1, -0.05) is 72.8 Å². The van der Waals surface area contributed by atoms with E-state index < -0.39 is 24.2 Å². The van der Waals surface area contributed by atoms with E-state index in [9.17, 15) is 24.6 Å². The summed E-state index contributed by atoms with van der Waals surface area (Å²) in [7, 11) is 0. The van der Waals surface area contributed by atoms with E-state index in [4.69, 9.17) is 18.9 Å². The highest BCUT2D eigenvalue weighted by Gasteiger charge is 2.37. The highest BCUT2D eigenvalue weighted by Crippen LogP contribution is 2.32. The van der Waals surface area contributed by atoms with Crippen LogP contribution < -0.4 is 25.7 Å². The van der Waals surface area contributed by atoms with Gasteiger partial charge in [0, 0.05) is 31.1 Å². The summed E-state index contributed by atoms with van der Waals surface area (Å²) < 4.78 is 23.7. The van der Waals surface area contributed by atoms with Crippen LogP contribution in [0.25, 0.3) is 10.9 Å². The van der Waals surface area contributed by atoms with Crippen molar-refractivity contribution in [3.05, 3.63) is 170 Å². The van der Waals surface area contributed by atoms with E-state index in [2.05, 4.69) is 20.5 Å².